The highest BCUT2D eigenvalue weighted by molar-refractivity contribution is 5.97. The fourth-order valence-electron chi connectivity index (χ4n) is 5.28. The van der Waals surface area contributed by atoms with E-state index in [9.17, 15) is 9.18 Å². The number of anilines is 1. The maximum atomic E-state index is 14.4. The molecule has 2 unspecified atom stereocenters. The molecule has 1 aromatic heterocycles. The van der Waals surface area contributed by atoms with Crippen LogP contribution < -0.4 is 16.2 Å². The number of nitrogens with one attached hydrogen (secondary N) is 3. The Kier molecular flexibility index (Phi) is 5.36. The number of benzene rings is 3. The molecule has 2 aliphatic rings. The minimum atomic E-state index is -0.444. The summed E-state index contributed by atoms with van der Waals surface area (Å²) in [6, 6.07) is 21.4. The third kappa shape index (κ3) is 3.77. The first-order valence-electron chi connectivity index (χ1n) is 11.7. The lowest BCUT2D eigenvalue weighted by molar-refractivity contribution is 0.233. The second kappa shape index (κ2) is 8.66. The third-order valence-electron chi connectivity index (χ3n) is 6.93. The summed E-state index contributed by atoms with van der Waals surface area (Å²) in [5, 5.41) is 15.0. The van der Waals surface area contributed by atoms with Gasteiger partial charge >= 0.3 is 0 Å². The van der Waals surface area contributed by atoms with E-state index < -0.39 is 5.82 Å². The number of piperazine rings is 1. The number of hydrogen-bond acceptors (Lipinski definition) is 5. The average molecular weight is 456 g/mol. The molecule has 0 bridgehead atoms. The van der Waals surface area contributed by atoms with Crippen LogP contribution in [0.1, 0.15) is 34.3 Å². The molecule has 2 atom stereocenters. The largest absolute Gasteiger partial charge is 0.377 e. The predicted molar refractivity (Wildman–Crippen MR) is 132 cm³/mol. The molecule has 4 aromatic rings. The zero-order valence-electron chi connectivity index (χ0n) is 18.7. The van der Waals surface area contributed by atoms with Crippen molar-refractivity contribution in [1.82, 2.24) is 20.4 Å². The van der Waals surface area contributed by atoms with Crippen molar-refractivity contribution in [2.24, 2.45) is 0 Å². The molecule has 0 spiro atoms. The highest BCUT2D eigenvalue weighted by Gasteiger charge is 2.35. The Bertz CT molecular complexity index is 1380. The first-order chi connectivity index (χ1) is 16.7. The van der Waals surface area contributed by atoms with E-state index in [1.807, 2.05) is 18.2 Å². The molecule has 3 N–H and O–H groups in total. The first kappa shape index (κ1) is 21.0. The molecule has 0 saturated carbocycles. The first-order valence-corrected chi connectivity index (χ1v) is 11.7. The van der Waals surface area contributed by atoms with Crippen LogP contribution in [0.15, 0.2) is 71.5 Å². The van der Waals surface area contributed by atoms with Gasteiger partial charge in [0.25, 0.3) is 5.56 Å². The van der Waals surface area contributed by atoms with Crippen LogP contribution in [0.5, 0.6) is 0 Å². The summed E-state index contributed by atoms with van der Waals surface area (Å²) in [5.41, 5.74) is 4.42. The van der Waals surface area contributed by atoms with Gasteiger partial charge in [0, 0.05) is 43.8 Å². The van der Waals surface area contributed by atoms with Gasteiger partial charge in [-0.25, -0.2) is 9.49 Å². The number of aromatic amines is 1. The lowest BCUT2D eigenvalue weighted by Gasteiger charge is -2.35. The van der Waals surface area contributed by atoms with Crippen molar-refractivity contribution in [1.29, 1.82) is 0 Å². The van der Waals surface area contributed by atoms with E-state index >= 15 is 0 Å². The summed E-state index contributed by atoms with van der Waals surface area (Å²) in [6.07, 6.45) is 0. The van der Waals surface area contributed by atoms with Crippen molar-refractivity contribution in [2.75, 3.05) is 31.5 Å². The smallest absolute Gasteiger partial charge is 0.272 e. The van der Waals surface area contributed by atoms with Gasteiger partial charge in [0.2, 0.25) is 0 Å². The minimum Gasteiger partial charge on any atom is -0.377 e. The summed E-state index contributed by atoms with van der Waals surface area (Å²) in [7, 11) is 0. The van der Waals surface area contributed by atoms with Crippen LogP contribution in [0.4, 0.5) is 10.1 Å². The number of halogens is 1. The van der Waals surface area contributed by atoms with Crippen LogP contribution in [0.2, 0.25) is 0 Å². The van der Waals surface area contributed by atoms with Gasteiger partial charge in [0.05, 0.1) is 23.0 Å². The molecular weight excluding hydrogens is 429 g/mol. The standard InChI is InChI=1S/C27H26FN5O/c28-20-14-21-24-22(15-20)30-25(19-8-6-17(7-9-19)16-33-12-10-29-11-13-33)23(18-4-2-1-3-5-18)26(24)31-32-27(21)34/h1-9,14-15,23,25,29-30H,10-13,16H2,(H,32,34). The van der Waals surface area contributed by atoms with Gasteiger partial charge in [-0.15, -0.1) is 0 Å². The van der Waals surface area contributed by atoms with Gasteiger partial charge in [0.1, 0.15) is 5.82 Å². The Morgan fingerprint density at radius 1 is 0.971 bits per heavy atom. The predicted octanol–water partition coefficient (Wildman–Crippen LogP) is 3.77. The molecule has 7 heteroatoms. The molecule has 0 radical (unpaired) electrons. The summed E-state index contributed by atoms with van der Waals surface area (Å²) in [6.45, 7) is 5.09. The zero-order valence-corrected chi connectivity index (χ0v) is 18.7. The Morgan fingerprint density at radius 2 is 1.74 bits per heavy atom. The van der Waals surface area contributed by atoms with E-state index in [2.05, 4.69) is 62.1 Å². The summed E-state index contributed by atoms with van der Waals surface area (Å²) in [4.78, 5) is 14.9. The van der Waals surface area contributed by atoms with E-state index in [1.54, 1.807) is 0 Å². The van der Waals surface area contributed by atoms with Gasteiger partial charge in [0.15, 0.2) is 0 Å². The van der Waals surface area contributed by atoms with Gasteiger partial charge in [-0.3, -0.25) is 9.69 Å². The molecule has 1 fully saturated rings. The van der Waals surface area contributed by atoms with Crippen LogP contribution in [0, 0.1) is 5.82 Å². The van der Waals surface area contributed by atoms with E-state index in [-0.39, 0.29) is 17.5 Å². The molecular formula is C27H26FN5O. The molecule has 3 heterocycles. The molecule has 3 aromatic carbocycles. The lowest BCUT2D eigenvalue weighted by Crippen LogP contribution is -2.42. The van der Waals surface area contributed by atoms with Gasteiger partial charge in [-0.2, -0.15) is 5.10 Å². The molecule has 6 nitrogen and oxygen atoms in total. The zero-order chi connectivity index (χ0) is 23.1. The van der Waals surface area contributed by atoms with Gasteiger partial charge in [-0.1, -0.05) is 54.6 Å². The highest BCUT2D eigenvalue weighted by atomic mass is 19.1. The Balaban J connectivity index is 1.42. The van der Waals surface area contributed by atoms with Gasteiger partial charge in [-0.05, 0) is 28.8 Å². The third-order valence-corrected chi connectivity index (χ3v) is 6.93. The quantitative estimate of drug-likeness (QED) is 0.437. The van der Waals surface area contributed by atoms with Crippen LogP contribution in [0.25, 0.3) is 10.8 Å². The van der Waals surface area contributed by atoms with Crippen LogP contribution >= 0.6 is 0 Å². The number of hydrogen-bond donors (Lipinski definition) is 3. The molecule has 172 valence electrons. The number of rotatable bonds is 4. The number of aromatic nitrogens is 2. The van der Waals surface area contributed by atoms with Gasteiger partial charge < -0.3 is 10.6 Å². The summed E-state index contributed by atoms with van der Waals surface area (Å²) in [5.74, 6) is -0.585. The Hall–Kier alpha value is -3.55. The molecule has 0 amide bonds. The molecule has 1 saturated heterocycles. The minimum absolute atomic E-state index is 0.141. The van der Waals surface area contributed by atoms with Crippen molar-refractivity contribution >= 4 is 16.5 Å². The second-order valence-corrected chi connectivity index (χ2v) is 9.09. The van der Waals surface area contributed by atoms with Crippen LogP contribution in [-0.2, 0) is 6.54 Å². The summed E-state index contributed by atoms with van der Waals surface area (Å²) >= 11 is 0. The molecule has 34 heavy (non-hydrogen) atoms. The molecule has 0 aliphatic carbocycles. The van der Waals surface area contributed by atoms with E-state index in [0.717, 1.165) is 49.5 Å². The summed E-state index contributed by atoms with van der Waals surface area (Å²) < 4.78 is 14.4. The maximum Gasteiger partial charge on any atom is 0.272 e. The second-order valence-electron chi connectivity index (χ2n) is 9.09. The average Bonchev–Trinajstić information content (AvgIpc) is 2.87. The van der Waals surface area contributed by atoms with Crippen molar-refractivity contribution in [3.8, 4) is 0 Å². The van der Waals surface area contributed by atoms with Crippen molar-refractivity contribution in [2.45, 2.75) is 18.5 Å². The highest BCUT2D eigenvalue weighted by Crippen LogP contribution is 2.46. The molecule has 2 aliphatic heterocycles. The van der Waals surface area contributed by atoms with E-state index in [1.165, 1.54) is 17.7 Å². The lowest BCUT2D eigenvalue weighted by atomic mass is 9.80. The topological polar surface area (TPSA) is 73.0 Å². The molecule has 6 rings (SSSR count). The normalized spacial score (nSPS) is 20.3. The SMILES string of the molecule is O=c1[nH]nc2c3c(cc(F)cc13)NC(c1ccc(CN3CCNCC3)cc1)C2c1ccccc1. The van der Waals surface area contributed by atoms with Crippen LogP contribution in [0.3, 0.4) is 0 Å². The van der Waals surface area contributed by atoms with Crippen LogP contribution in [-0.4, -0.2) is 41.3 Å². The fourth-order valence-corrected chi connectivity index (χ4v) is 5.28. The van der Waals surface area contributed by atoms with Crippen molar-refractivity contribution < 1.29 is 4.39 Å². The fraction of sp³-hybridized carbons (Fsp3) is 0.259. The Labute approximate surface area is 196 Å². The monoisotopic (exact) mass is 455 g/mol. The van der Waals surface area contributed by atoms with E-state index in [0.29, 0.717) is 16.5 Å². The van der Waals surface area contributed by atoms with Crippen molar-refractivity contribution in [3.05, 3.63) is 105 Å². The number of H-pyrrole nitrogens is 1. The number of nitrogens with zero attached hydrogens (tertiary/aromatic N) is 2. The van der Waals surface area contributed by atoms with E-state index in [4.69, 9.17) is 0 Å². The maximum absolute atomic E-state index is 14.4. The van der Waals surface area contributed by atoms with Crippen molar-refractivity contribution in [3.63, 3.8) is 0 Å². The Morgan fingerprint density at radius 3 is 2.50 bits per heavy atom.